The summed E-state index contributed by atoms with van der Waals surface area (Å²) in [6, 6.07) is 0. The molecule has 1 amide bonds. The van der Waals surface area contributed by atoms with Crippen molar-refractivity contribution < 1.29 is 9.53 Å². The van der Waals surface area contributed by atoms with Gasteiger partial charge in [-0.25, -0.2) is 0 Å². The highest BCUT2D eigenvalue weighted by Gasteiger charge is 1.99. The number of ether oxygens (including phenoxy) is 1. The van der Waals surface area contributed by atoms with Crippen LogP contribution in [0.15, 0.2) is 0 Å². The molecule has 0 aliphatic rings. The van der Waals surface area contributed by atoms with Crippen LogP contribution in [0.25, 0.3) is 0 Å². The van der Waals surface area contributed by atoms with Crippen molar-refractivity contribution in [3.05, 3.63) is 0 Å². The second-order valence-corrected chi connectivity index (χ2v) is 3.17. The van der Waals surface area contributed by atoms with Crippen LogP contribution in [-0.2, 0) is 9.53 Å². The third-order valence-corrected chi connectivity index (χ3v) is 1.81. The van der Waals surface area contributed by atoms with Crippen LogP contribution in [0.3, 0.4) is 0 Å². The van der Waals surface area contributed by atoms with Gasteiger partial charge >= 0.3 is 0 Å². The first kappa shape index (κ1) is 13.4. The smallest absolute Gasteiger partial charge is 0.222 e. The number of amides is 1. The van der Waals surface area contributed by atoms with Crippen molar-refractivity contribution in [3.8, 4) is 0 Å². The fourth-order valence-corrected chi connectivity index (χ4v) is 0.929. The summed E-state index contributed by atoms with van der Waals surface area (Å²) < 4.78 is 5.27. The zero-order valence-corrected chi connectivity index (χ0v) is 9.27. The van der Waals surface area contributed by atoms with E-state index in [9.17, 15) is 4.79 Å². The molecule has 0 heterocycles. The standard InChI is InChI=1S/C10H22N2O2/c1-3-4-8-14-9-5-10(13)12-7-6-11-2/h11H,3-9H2,1-2H3,(H,12,13). The van der Waals surface area contributed by atoms with E-state index in [1.165, 1.54) is 0 Å². The number of carbonyl (C=O) groups excluding carboxylic acids is 1. The monoisotopic (exact) mass is 202 g/mol. The summed E-state index contributed by atoms with van der Waals surface area (Å²) in [5.41, 5.74) is 0. The van der Waals surface area contributed by atoms with Gasteiger partial charge in [0.15, 0.2) is 0 Å². The van der Waals surface area contributed by atoms with Gasteiger partial charge in [0, 0.05) is 26.1 Å². The summed E-state index contributed by atoms with van der Waals surface area (Å²) in [7, 11) is 1.86. The molecule has 0 bridgehead atoms. The second kappa shape index (κ2) is 10.5. The minimum Gasteiger partial charge on any atom is -0.381 e. The van der Waals surface area contributed by atoms with Gasteiger partial charge < -0.3 is 15.4 Å². The van der Waals surface area contributed by atoms with Gasteiger partial charge in [-0.2, -0.15) is 0 Å². The van der Waals surface area contributed by atoms with Gasteiger partial charge in [0.05, 0.1) is 6.61 Å². The molecule has 0 rings (SSSR count). The molecular formula is C10H22N2O2. The maximum Gasteiger partial charge on any atom is 0.222 e. The molecule has 0 fully saturated rings. The largest absolute Gasteiger partial charge is 0.381 e. The van der Waals surface area contributed by atoms with Gasteiger partial charge in [0.25, 0.3) is 0 Å². The molecule has 0 aromatic carbocycles. The van der Waals surface area contributed by atoms with Crippen molar-refractivity contribution in [2.75, 3.05) is 33.4 Å². The van der Waals surface area contributed by atoms with Crippen molar-refractivity contribution in [2.45, 2.75) is 26.2 Å². The maximum absolute atomic E-state index is 11.1. The third-order valence-electron chi connectivity index (χ3n) is 1.81. The first-order chi connectivity index (χ1) is 6.81. The highest BCUT2D eigenvalue weighted by atomic mass is 16.5. The van der Waals surface area contributed by atoms with Crippen LogP contribution in [0.1, 0.15) is 26.2 Å². The number of nitrogens with one attached hydrogen (secondary N) is 2. The molecule has 0 aliphatic carbocycles. The lowest BCUT2D eigenvalue weighted by atomic mass is 10.3. The summed E-state index contributed by atoms with van der Waals surface area (Å²) >= 11 is 0. The molecule has 14 heavy (non-hydrogen) atoms. The normalized spacial score (nSPS) is 10.1. The Kier molecular flexibility index (Phi) is 10.0. The van der Waals surface area contributed by atoms with E-state index in [0.717, 1.165) is 26.0 Å². The maximum atomic E-state index is 11.1. The average molecular weight is 202 g/mol. The number of hydrogen-bond acceptors (Lipinski definition) is 3. The Morgan fingerprint density at radius 2 is 2.07 bits per heavy atom. The number of unbranched alkanes of at least 4 members (excludes halogenated alkanes) is 1. The Morgan fingerprint density at radius 1 is 1.29 bits per heavy atom. The second-order valence-electron chi connectivity index (χ2n) is 3.17. The molecule has 0 saturated heterocycles. The fourth-order valence-electron chi connectivity index (χ4n) is 0.929. The number of hydrogen-bond donors (Lipinski definition) is 2. The molecule has 0 unspecified atom stereocenters. The van der Waals surface area contributed by atoms with Crippen LogP contribution in [0.2, 0.25) is 0 Å². The van der Waals surface area contributed by atoms with Gasteiger partial charge in [-0.3, -0.25) is 4.79 Å². The van der Waals surface area contributed by atoms with Crippen LogP contribution in [0.4, 0.5) is 0 Å². The van der Waals surface area contributed by atoms with E-state index in [0.29, 0.717) is 19.6 Å². The lowest BCUT2D eigenvalue weighted by Gasteiger charge is -2.05. The van der Waals surface area contributed by atoms with E-state index in [1.54, 1.807) is 0 Å². The van der Waals surface area contributed by atoms with Crippen molar-refractivity contribution in [3.63, 3.8) is 0 Å². The van der Waals surface area contributed by atoms with Gasteiger partial charge in [-0.05, 0) is 13.5 Å². The van der Waals surface area contributed by atoms with E-state index in [2.05, 4.69) is 17.6 Å². The number of carbonyl (C=O) groups is 1. The molecule has 2 N–H and O–H groups in total. The summed E-state index contributed by atoms with van der Waals surface area (Å²) in [5, 5.41) is 5.75. The van der Waals surface area contributed by atoms with Crippen molar-refractivity contribution in [1.29, 1.82) is 0 Å². The molecule has 84 valence electrons. The summed E-state index contributed by atoms with van der Waals surface area (Å²) in [5.74, 6) is 0.0664. The quantitative estimate of drug-likeness (QED) is 0.536. The summed E-state index contributed by atoms with van der Waals surface area (Å²) in [6.45, 7) is 4.91. The lowest BCUT2D eigenvalue weighted by molar-refractivity contribution is -0.122. The van der Waals surface area contributed by atoms with E-state index < -0.39 is 0 Å². The minimum absolute atomic E-state index is 0.0664. The Bertz CT molecular complexity index is 140. The molecule has 4 nitrogen and oxygen atoms in total. The Hall–Kier alpha value is -0.610. The molecule has 0 aromatic rings. The molecule has 0 aliphatic heterocycles. The van der Waals surface area contributed by atoms with Crippen molar-refractivity contribution in [2.24, 2.45) is 0 Å². The van der Waals surface area contributed by atoms with Crippen molar-refractivity contribution >= 4 is 5.91 Å². The highest BCUT2D eigenvalue weighted by Crippen LogP contribution is 1.89. The summed E-state index contributed by atoms with van der Waals surface area (Å²) in [6.07, 6.45) is 2.67. The van der Waals surface area contributed by atoms with Gasteiger partial charge in [-0.15, -0.1) is 0 Å². The molecule has 0 saturated carbocycles. The van der Waals surface area contributed by atoms with Crippen LogP contribution < -0.4 is 10.6 Å². The zero-order valence-electron chi connectivity index (χ0n) is 9.27. The summed E-state index contributed by atoms with van der Waals surface area (Å²) in [4.78, 5) is 11.1. The van der Waals surface area contributed by atoms with Gasteiger partial charge in [0.1, 0.15) is 0 Å². The first-order valence-electron chi connectivity index (χ1n) is 5.30. The van der Waals surface area contributed by atoms with E-state index in [-0.39, 0.29) is 5.91 Å². The molecule has 4 heteroatoms. The van der Waals surface area contributed by atoms with E-state index >= 15 is 0 Å². The van der Waals surface area contributed by atoms with Crippen LogP contribution in [-0.4, -0.2) is 39.3 Å². The SMILES string of the molecule is CCCCOCCC(=O)NCCNC. The van der Waals surface area contributed by atoms with Crippen LogP contribution in [0.5, 0.6) is 0 Å². The highest BCUT2D eigenvalue weighted by molar-refractivity contribution is 5.75. The molecule has 0 aromatic heterocycles. The Labute approximate surface area is 86.4 Å². The van der Waals surface area contributed by atoms with Gasteiger partial charge in [0.2, 0.25) is 5.91 Å². The zero-order chi connectivity index (χ0) is 10.6. The molecular weight excluding hydrogens is 180 g/mol. The molecule has 0 spiro atoms. The first-order valence-corrected chi connectivity index (χ1v) is 5.30. The molecule has 0 atom stereocenters. The van der Waals surface area contributed by atoms with Gasteiger partial charge in [-0.1, -0.05) is 13.3 Å². The topological polar surface area (TPSA) is 50.4 Å². The van der Waals surface area contributed by atoms with Crippen molar-refractivity contribution in [1.82, 2.24) is 10.6 Å². The number of likely N-dealkylation sites (N-methyl/N-ethyl adjacent to an activating group) is 1. The fraction of sp³-hybridized carbons (Fsp3) is 0.900. The van der Waals surface area contributed by atoms with E-state index in [4.69, 9.17) is 4.74 Å². The predicted molar refractivity (Wildman–Crippen MR) is 57.3 cm³/mol. The lowest BCUT2D eigenvalue weighted by Crippen LogP contribution is -2.30. The van der Waals surface area contributed by atoms with E-state index in [1.807, 2.05) is 7.05 Å². The average Bonchev–Trinajstić information content (AvgIpc) is 2.18. The number of rotatable bonds is 9. The third kappa shape index (κ3) is 9.48. The Balaban J connectivity index is 3.10. The molecule has 0 radical (unpaired) electrons. The Morgan fingerprint density at radius 3 is 2.71 bits per heavy atom. The minimum atomic E-state index is 0.0664. The van der Waals surface area contributed by atoms with Crippen LogP contribution >= 0.6 is 0 Å². The predicted octanol–water partition coefficient (Wildman–Crippen LogP) is 0.529. The van der Waals surface area contributed by atoms with Crippen LogP contribution in [0, 0.1) is 0 Å².